The molecule has 19 heavy (non-hydrogen) atoms. The monoisotopic (exact) mass is 272 g/mol. The lowest BCUT2D eigenvalue weighted by atomic mass is 10.0. The summed E-state index contributed by atoms with van der Waals surface area (Å²) in [4.78, 5) is 0. The van der Waals surface area contributed by atoms with Crippen molar-refractivity contribution in [1.82, 2.24) is 0 Å². The molecule has 3 unspecified atom stereocenters. The molecule has 0 spiro atoms. The Kier molecular flexibility index (Phi) is 3.58. The van der Waals surface area contributed by atoms with E-state index in [1.807, 2.05) is 30.3 Å². The van der Waals surface area contributed by atoms with Crippen LogP contribution in [0.4, 0.5) is 0 Å². The van der Waals surface area contributed by atoms with Crippen molar-refractivity contribution in [3.8, 4) is 0 Å². The summed E-state index contributed by atoms with van der Waals surface area (Å²) in [5, 5.41) is 11.1. The van der Waals surface area contributed by atoms with Crippen LogP contribution in [0.15, 0.2) is 54.6 Å². The highest BCUT2D eigenvalue weighted by atomic mass is 35.5. The van der Waals surface area contributed by atoms with E-state index in [0.29, 0.717) is 18.3 Å². The fourth-order valence-corrected chi connectivity index (χ4v) is 2.98. The van der Waals surface area contributed by atoms with Crippen LogP contribution in [-0.2, 0) is 6.42 Å². The molecular formula is C17H17ClO. The van der Waals surface area contributed by atoms with Gasteiger partial charge in [-0.1, -0.05) is 60.1 Å². The number of hydrogen-bond acceptors (Lipinski definition) is 1. The van der Waals surface area contributed by atoms with Gasteiger partial charge in [0.15, 0.2) is 0 Å². The molecule has 98 valence electrons. The molecule has 0 bridgehead atoms. The summed E-state index contributed by atoms with van der Waals surface area (Å²) in [5.74, 6) is 0.886. The molecule has 3 atom stereocenters. The Balaban J connectivity index is 1.64. The van der Waals surface area contributed by atoms with E-state index in [4.69, 9.17) is 11.6 Å². The third-order valence-corrected chi connectivity index (χ3v) is 4.32. The van der Waals surface area contributed by atoms with Crippen LogP contribution < -0.4 is 0 Å². The van der Waals surface area contributed by atoms with E-state index in [0.717, 1.165) is 17.0 Å². The van der Waals surface area contributed by atoms with Crippen molar-refractivity contribution < 1.29 is 5.11 Å². The molecule has 2 aromatic carbocycles. The highest BCUT2D eigenvalue weighted by Gasteiger charge is 2.43. The van der Waals surface area contributed by atoms with E-state index in [9.17, 15) is 5.11 Å². The smallest absolute Gasteiger partial charge is 0.0615 e. The van der Waals surface area contributed by atoms with E-state index in [1.165, 1.54) is 5.56 Å². The van der Waals surface area contributed by atoms with Gasteiger partial charge in [0.05, 0.1) is 6.10 Å². The van der Waals surface area contributed by atoms with Crippen LogP contribution in [0.5, 0.6) is 0 Å². The Morgan fingerprint density at radius 1 is 1.05 bits per heavy atom. The maximum Gasteiger partial charge on any atom is 0.0615 e. The number of benzene rings is 2. The van der Waals surface area contributed by atoms with Gasteiger partial charge in [-0.25, -0.2) is 0 Å². The zero-order chi connectivity index (χ0) is 13.2. The molecule has 1 aliphatic rings. The molecule has 2 aromatic rings. The van der Waals surface area contributed by atoms with E-state index < -0.39 is 0 Å². The van der Waals surface area contributed by atoms with Gasteiger partial charge in [-0.2, -0.15) is 0 Å². The van der Waals surface area contributed by atoms with Gasteiger partial charge in [0.2, 0.25) is 0 Å². The van der Waals surface area contributed by atoms with E-state index >= 15 is 0 Å². The van der Waals surface area contributed by atoms with Crippen LogP contribution in [-0.4, -0.2) is 11.2 Å². The van der Waals surface area contributed by atoms with Crippen LogP contribution in [0.3, 0.4) is 0 Å². The molecule has 3 rings (SSSR count). The van der Waals surface area contributed by atoms with Gasteiger partial charge in [0, 0.05) is 11.4 Å². The molecule has 1 aliphatic carbocycles. The predicted molar refractivity (Wildman–Crippen MR) is 78.5 cm³/mol. The normalized spacial score (nSPS) is 23.1. The lowest BCUT2D eigenvalue weighted by Crippen LogP contribution is -2.14. The topological polar surface area (TPSA) is 20.2 Å². The van der Waals surface area contributed by atoms with Crippen molar-refractivity contribution in [3.63, 3.8) is 0 Å². The first-order valence-corrected chi connectivity index (χ1v) is 7.10. The fraction of sp³-hybridized carbons (Fsp3) is 0.294. The maximum absolute atomic E-state index is 10.3. The first-order chi connectivity index (χ1) is 9.25. The van der Waals surface area contributed by atoms with Crippen LogP contribution in [0, 0.1) is 5.92 Å². The van der Waals surface area contributed by atoms with Crippen molar-refractivity contribution in [3.05, 3.63) is 70.7 Å². The Labute approximate surface area is 118 Å². The molecule has 1 N–H and O–H groups in total. The first-order valence-electron chi connectivity index (χ1n) is 6.72. The highest BCUT2D eigenvalue weighted by molar-refractivity contribution is 6.31. The summed E-state index contributed by atoms with van der Waals surface area (Å²) >= 11 is 6.14. The molecule has 1 saturated carbocycles. The van der Waals surface area contributed by atoms with Gasteiger partial charge in [-0.05, 0) is 35.4 Å². The molecule has 0 radical (unpaired) electrons. The van der Waals surface area contributed by atoms with Crippen molar-refractivity contribution in [1.29, 1.82) is 0 Å². The Hall–Kier alpha value is -1.31. The molecule has 1 fully saturated rings. The number of halogens is 1. The number of aliphatic hydroxyl groups is 1. The van der Waals surface area contributed by atoms with E-state index in [-0.39, 0.29) is 6.10 Å². The zero-order valence-electron chi connectivity index (χ0n) is 10.7. The van der Waals surface area contributed by atoms with Gasteiger partial charge in [-0.15, -0.1) is 0 Å². The predicted octanol–water partition coefficient (Wildman–Crippen LogP) is 4.05. The lowest BCUT2D eigenvalue weighted by molar-refractivity contribution is 0.149. The molecule has 0 heterocycles. The van der Waals surface area contributed by atoms with Crippen molar-refractivity contribution >= 4 is 11.6 Å². The second-order valence-electron chi connectivity index (χ2n) is 5.28. The van der Waals surface area contributed by atoms with Gasteiger partial charge >= 0.3 is 0 Å². The second-order valence-corrected chi connectivity index (χ2v) is 5.69. The minimum Gasteiger partial charge on any atom is -0.392 e. The molecule has 0 aromatic heterocycles. The Morgan fingerprint density at radius 2 is 1.74 bits per heavy atom. The summed E-state index contributed by atoms with van der Waals surface area (Å²) in [5.41, 5.74) is 2.38. The van der Waals surface area contributed by atoms with Gasteiger partial charge in [0.1, 0.15) is 0 Å². The molecule has 2 heteroatoms. The third-order valence-electron chi connectivity index (χ3n) is 3.95. The molecule has 0 saturated heterocycles. The summed E-state index contributed by atoms with van der Waals surface area (Å²) < 4.78 is 0. The molecule has 1 nitrogen and oxygen atoms in total. The zero-order valence-corrected chi connectivity index (χ0v) is 11.4. The van der Waals surface area contributed by atoms with Gasteiger partial charge in [0.25, 0.3) is 0 Å². The molecule has 0 amide bonds. The Bertz CT molecular complexity index is 552. The third kappa shape index (κ3) is 2.83. The average molecular weight is 273 g/mol. The number of rotatable bonds is 4. The van der Waals surface area contributed by atoms with Crippen LogP contribution in [0.2, 0.25) is 5.02 Å². The summed E-state index contributed by atoms with van der Waals surface area (Å²) in [6.07, 6.45) is 1.42. The summed E-state index contributed by atoms with van der Waals surface area (Å²) in [6, 6.07) is 18.2. The molecular weight excluding hydrogens is 256 g/mol. The maximum atomic E-state index is 10.3. The molecule has 0 aliphatic heterocycles. The van der Waals surface area contributed by atoms with Crippen molar-refractivity contribution in [2.24, 2.45) is 5.92 Å². The summed E-state index contributed by atoms with van der Waals surface area (Å²) in [7, 11) is 0. The lowest BCUT2D eigenvalue weighted by Gasteiger charge is -2.11. The van der Waals surface area contributed by atoms with E-state index in [2.05, 4.69) is 24.3 Å². The van der Waals surface area contributed by atoms with Crippen LogP contribution in [0.25, 0.3) is 0 Å². The van der Waals surface area contributed by atoms with Gasteiger partial charge < -0.3 is 5.11 Å². The van der Waals surface area contributed by atoms with E-state index in [1.54, 1.807) is 0 Å². The minimum atomic E-state index is -0.301. The van der Waals surface area contributed by atoms with Gasteiger partial charge in [-0.3, -0.25) is 0 Å². The SMILES string of the molecule is OC(Cc1ccccc1Cl)C1CC1c1ccccc1. The van der Waals surface area contributed by atoms with Crippen LogP contribution >= 0.6 is 11.6 Å². The Morgan fingerprint density at radius 3 is 2.47 bits per heavy atom. The highest BCUT2D eigenvalue weighted by Crippen LogP contribution is 2.50. The van der Waals surface area contributed by atoms with Crippen molar-refractivity contribution in [2.75, 3.05) is 0 Å². The average Bonchev–Trinajstić information content (AvgIpc) is 3.23. The standard InChI is InChI=1S/C17H17ClO/c18-16-9-5-4-8-13(16)10-17(19)15-11-14(15)12-6-2-1-3-7-12/h1-9,14-15,17,19H,10-11H2. The van der Waals surface area contributed by atoms with Crippen molar-refractivity contribution in [2.45, 2.75) is 24.9 Å². The quantitative estimate of drug-likeness (QED) is 0.890. The first kappa shape index (κ1) is 12.7. The number of aliphatic hydroxyl groups excluding tert-OH is 1. The minimum absolute atomic E-state index is 0.301. The number of hydrogen-bond donors (Lipinski definition) is 1. The summed E-state index contributed by atoms with van der Waals surface area (Å²) in [6.45, 7) is 0. The van der Waals surface area contributed by atoms with Crippen LogP contribution in [0.1, 0.15) is 23.5 Å². The largest absolute Gasteiger partial charge is 0.392 e. The second kappa shape index (κ2) is 5.36. The fourth-order valence-electron chi connectivity index (χ4n) is 2.76.